The van der Waals surface area contributed by atoms with Crippen molar-refractivity contribution in [3.8, 4) is 5.75 Å². The summed E-state index contributed by atoms with van der Waals surface area (Å²) in [7, 11) is 0. The zero-order valence-corrected chi connectivity index (χ0v) is 13.5. The van der Waals surface area contributed by atoms with Crippen molar-refractivity contribution in [2.24, 2.45) is 5.92 Å². The number of nitro benzene ring substituents is 1. The van der Waals surface area contributed by atoms with Crippen molar-refractivity contribution in [2.45, 2.75) is 6.42 Å². The van der Waals surface area contributed by atoms with Gasteiger partial charge in [0.25, 0.3) is 11.6 Å². The van der Waals surface area contributed by atoms with E-state index in [9.17, 15) is 14.9 Å². The number of fused-ring (bicyclic) bond motifs is 1. The molecular weight excluding hydrogens is 332 g/mol. The fraction of sp³-hybridized carbons (Fsp3) is 0.235. The maximum Gasteiger partial charge on any atom is 0.283 e. The number of nitrogens with zero attached hydrogens (tertiary/aromatic N) is 1. The number of carbonyl (C=O) groups excluding carboxylic acids is 1. The number of hydrogen-bond donors (Lipinski definition) is 1. The van der Waals surface area contributed by atoms with Crippen LogP contribution in [0.25, 0.3) is 0 Å². The van der Waals surface area contributed by atoms with E-state index in [0.29, 0.717) is 13.2 Å². The van der Waals surface area contributed by atoms with Crippen LogP contribution in [0.1, 0.15) is 15.9 Å². The Kier molecular flexibility index (Phi) is 4.66. The lowest BCUT2D eigenvalue weighted by Gasteiger charge is -2.25. The third kappa shape index (κ3) is 3.49. The minimum atomic E-state index is -0.610. The number of amides is 1. The zero-order chi connectivity index (χ0) is 17.1. The largest absolute Gasteiger partial charge is 0.493 e. The topological polar surface area (TPSA) is 81.5 Å². The first-order chi connectivity index (χ1) is 11.5. The Labute approximate surface area is 143 Å². The van der Waals surface area contributed by atoms with E-state index in [1.54, 1.807) is 0 Å². The molecule has 0 saturated carbocycles. The predicted octanol–water partition coefficient (Wildman–Crippen LogP) is 3.23. The normalized spacial score (nSPS) is 16.0. The summed E-state index contributed by atoms with van der Waals surface area (Å²) in [4.78, 5) is 22.7. The van der Waals surface area contributed by atoms with Gasteiger partial charge in [-0.05, 0) is 30.2 Å². The third-order valence-corrected chi connectivity index (χ3v) is 4.14. The van der Waals surface area contributed by atoms with Gasteiger partial charge in [-0.25, -0.2) is 0 Å². The second-order valence-corrected chi connectivity index (χ2v) is 6.05. The highest BCUT2D eigenvalue weighted by Gasteiger charge is 2.23. The van der Waals surface area contributed by atoms with Crippen LogP contribution >= 0.6 is 11.6 Å². The van der Waals surface area contributed by atoms with E-state index >= 15 is 0 Å². The molecule has 1 N–H and O–H groups in total. The van der Waals surface area contributed by atoms with Gasteiger partial charge in [0, 0.05) is 23.6 Å². The van der Waals surface area contributed by atoms with Crippen molar-refractivity contribution >= 4 is 23.2 Å². The van der Waals surface area contributed by atoms with Crippen LogP contribution in [0.4, 0.5) is 5.69 Å². The van der Waals surface area contributed by atoms with Crippen LogP contribution in [0.5, 0.6) is 5.75 Å². The van der Waals surface area contributed by atoms with Gasteiger partial charge in [-0.3, -0.25) is 14.9 Å². The molecule has 1 heterocycles. The molecule has 0 aromatic heterocycles. The molecule has 124 valence electrons. The SMILES string of the molecule is O=C(NC[C@@H]1COc2ccccc2C1)c1ccc(Cl)cc1[N+](=O)[O-]. The van der Waals surface area contributed by atoms with E-state index < -0.39 is 10.8 Å². The van der Waals surface area contributed by atoms with Crippen LogP contribution in [0.15, 0.2) is 42.5 Å². The van der Waals surface area contributed by atoms with Crippen LogP contribution in [-0.2, 0) is 6.42 Å². The molecule has 2 aromatic carbocycles. The summed E-state index contributed by atoms with van der Waals surface area (Å²) in [6.07, 6.45) is 0.791. The Morgan fingerprint density at radius 3 is 2.92 bits per heavy atom. The summed E-state index contributed by atoms with van der Waals surface area (Å²) >= 11 is 5.76. The van der Waals surface area contributed by atoms with E-state index in [-0.39, 0.29) is 22.2 Å². The Morgan fingerprint density at radius 1 is 1.33 bits per heavy atom. The molecule has 0 aliphatic carbocycles. The summed E-state index contributed by atoms with van der Waals surface area (Å²) in [5, 5.41) is 14.0. The molecule has 7 heteroatoms. The molecule has 24 heavy (non-hydrogen) atoms. The number of halogens is 1. The van der Waals surface area contributed by atoms with Crippen LogP contribution in [-0.4, -0.2) is 24.0 Å². The summed E-state index contributed by atoms with van der Waals surface area (Å²) in [5.74, 6) is 0.501. The van der Waals surface area contributed by atoms with Crippen LogP contribution in [0, 0.1) is 16.0 Å². The molecular formula is C17H15ClN2O4. The number of nitro groups is 1. The Bertz CT molecular complexity index is 794. The molecule has 0 bridgehead atoms. The molecule has 0 radical (unpaired) electrons. The minimum absolute atomic E-state index is 0.00141. The second-order valence-electron chi connectivity index (χ2n) is 5.62. The Hall–Kier alpha value is -2.60. The number of para-hydroxylation sites is 1. The average molecular weight is 347 g/mol. The van der Waals surface area contributed by atoms with Crippen LogP contribution in [0.3, 0.4) is 0 Å². The van der Waals surface area contributed by atoms with Crippen LogP contribution < -0.4 is 10.1 Å². The van der Waals surface area contributed by atoms with Crippen molar-refractivity contribution < 1.29 is 14.5 Å². The molecule has 3 rings (SSSR count). The molecule has 1 amide bonds. The number of carbonyl (C=O) groups is 1. The summed E-state index contributed by atoms with van der Waals surface area (Å²) in [6, 6.07) is 11.8. The number of rotatable bonds is 4. The quantitative estimate of drug-likeness (QED) is 0.680. The number of hydrogen-bond acceptors (Lipinski definition) is 4. The monoisotopic (exact) mass is 346 g/mol. The lowest BCUT2D eigenvalue weighted by atomic mass is 9.96. The molecule has 1 aliphatic heterocycles. The number of nitrogens with one attached hydrogen (secondary N) is 1. The molecule has 2 aromatic rings. The Balaban J connectivity index is 1.66. The minimum Gasteiger partial charge on any atom is -0.493 e. The van der Waals surface area contributed by atoms with Crippen molar-refractivity contribution in [2.75, 3.05) is 13.2 Å². The fourth-order valence-corrected chi connectivity index (χ4v) is 2.87. The maximum absolute atomic E-state index is 12.3. The maximum atomic E-state index is 12.3. The fourth-order valence-electron chi connectivity index (χ4n) is 2.70. The smallest absolute Gasteiger partial charge is 0.283 e. The van der Waals surface area contributed by atoms with Gasteiger partial charge < -0.3 is 10.1 Å². The van der Waals surface area contributed by atoms with Gasteiger partial charge in [0.15, 0.2) is 0 Å². The van der Waals surface area contributed by atoms with Gasteiger partial charge in [0.2, 0.25) is 0 Å². The molecule has 0 unspecified atom stereocenters. The van der Waals surface area contributed by atoms with Gasteiger partial charge in [0.1, 0.15) is 11.3 Å². The number of ether oxygens (including phenoxy) is 1. The highest BCUT2D eigenvalue weighted by Crippen LogP contribution is 2.27. The van der Waals surface area contributed by atoms with Gasteiger partial charge in [0.05, 0.1) is 11.5 Å². The lowest BCUT2D eigenvalue weighted by molar-refractivity contribution is -0.385. The molecule has 0 fully saturated rings. The van der Waals surface area contributed by atoms with Gasteiger partial charge >= 0.3 is 0 Å². The van der Waals surface area contributed by atoms with Gasteiger partial charge in [-0.1, -0.05) is 29.8 Å². The second kappa shape index (κ2) is 6.88. The molecule has 1 atom stereocenters. The summed E-state index contributed by atoms with van der Waals surface area (Å²) in [5.41, 5.74) is 0.798. The summed E-state index contributed by atoms with van der Waals surface area (Å²) in [6.45, 7) is 0.882. The van der Waals surface area contributed by atoms with Gasteiger partial charge in [-0.2, -0.15) is 0 Å². The van der Waals surface area contributed by atoms with Crippen molar-refractivity contribution in [1.29, 1.82) is 0 Å². The van der Waals surface area contributed by atoms with Crippen LogP contribution in [0.2, 0.25) is 5.02 Å². The summed E-state index contributed by atoms with van der Waals surface area (Å²) < 4.78 is 5.67. The first-order valence-electron chi connectivity index (χ1n) is 7.47. The highest BCUT2D eigenvalue weighted by atomic mass is 35.5. The zero-order valence-electron chi connectivity index (χ0n) is 12.7. The molecule has 0 saturated heterocycles. The lowest BCUT2D eigenvalue weighted by Crippen LogP contribution is -2.35. The number of benzene rings is 2. The van der Waals surface area contributed by atoms with Crippen molar-refractivity contribution in [3.63, 3.8) is 0 Å². The third-order valence-electron chi connectivity index (χ3n) is 3.91. The van der Waals surface area contributed by atoms with E-state index in [1.807, 2.05) is 24.3 Å². The average Bonchev–Trinajstić information content (AvgIpc) is 2.59. The highest BCUT2D eigenvalue weighted by molar-refractivity contribution is 6.31. The molecule has 0 spiro atoms. The standard InChI is InChI=1S/C17H15ClN2O4/c18-13-5-6-14(15(8-13)20(22)23)17(21)19-9-11-7-12-3-1-2-4-16(12)24-10-11/h1-6,8,11H,7,9-10H2,(H,19,21)/t11-/m1/s1. The molecule has 1 aliphatic rings. The first kappa shape index (κ1) is 16.3. The van der Waals surface area contributed by atoms with E-state index in [4.69, 9.17) is 16.3 Å². The van der Waals surface area contributed by atoms with Crippen molar-refractivity contribution in [3.05, 3.63) is 68.7 Å². The predicted molar refractivity (Wildman–Crippen MR) is 89.6 cm³/mol. The first-order valence-corrected chi connectivity index (χ1v) is 7.85. The Morgan fingerprint density at radius 2 is 2.12 bits per heavy atom. The van der Waals surface area contributed by atoms with Crippen molar-refractivity contribution in [1.82, 2.24) is 5.32 Å². The van der Waals surface area contributed by atoms with E-state index in [1.165, 1.54) is 18.2 Å². The van der Waals surface area contributed by atoms with E-state index in [2.05, 4.69) is 5.32 Å². The van der Waals surface area contributed by atoms with E-state index in [0.717, 1.165) is 17.7 Å². The molecule has 6 nitrogen and oxygen atoms in total. The van der Waals surface area contributed by atoms with Gasteiger partial charge in [-0.15, -0.1) is 0 Å².